The summed E-state index contributed by atoms with van der Waals surface area (Å²) in [6, 6.07) is 25.3. The number of halogens is 1. The van der Waals surface area contributed by atoms with Gasteiger partial charge >= 0.3 is 0 Å². The Balaban J connectivity index is 1.66. The minimum atomic E-state index is 0.837. The van der Waals surface area contributed by atoms with Crippen LogP contribution in [0.1, 0.15) is 16.7 Å². The van der Waals surface area contributed by atoms with Crippen LogP contribution in [0.2, 0.25) is 5.02 Å². The van der Waals surface area contributed by atoms with Crippen molar-refractivity contribution in [2.24, 2.45) is 0 Å². The summed E-state index contributed by atoms with van der Waals surface area (Å²) in [6.07, 6.45) is 2.28. The molecule has 4 aromatic rings. The van der Waals surface area contributed by atoms with E-state index in [1.54, 1.807) is 0 Å². The van der Waals surface area contributed by atoms with E-state index in [-0.39, 0.29) is 0 Å². The van der Waals surface area contributed by atoms with Crippen LogP contribution in [0.25, 0.3) is 10.9 Å². The van der Waals surface area contributed by atoms with E-state index in [4.69, 9.17) is 11.6 Å². The summed E-state index contributed by atoms with van der Waals surface area (Å²) >= 11 is 8.17. The molecule has 0 unspecified atom stereocenters. The van der Waals surface area contributed by atoms with Gasteiger partial charge in [0.2, 0.25) is 0 Å². The average molecular weight is 378 g/mol. The smallest absolute Gasteiger partial charge is 0.0495 e. The minimum Gasteiger partial charge on any atom is -0.342 e. The molecule has 0 aliphatic heterocycles. The zero-order valence-corrected chi connectivity index (χ0v) is 16.2. The van der Waals surface area contributed by atoms with Gasteiger partial charge in [0.25, 0.3) is 0 Å². The largest absolute Gasteiger partial charge is 0.342 e. The number of hydrogen-bond donors (Lipinski definition) is 0. The number of fused-ring (bicyclic) bond motifs is 1. The van der Waals surface area contributed by atoms with Gasteiger partial charge in [-0.05, 0) is 35.7 Å². The maximum Gasteiger partial charge on any atom is 0.0495 e. The molecule has 1 aromatic heterocycles. The molecule has 26 heavy (non-hydrogen) atoms. The molecule has 0 N–H and O–H groups in total. The van der Waals surface area contributed by atoms with E-state index in [1.165, 1.54) is 32.5 Å². The summed E-state index contributed by atoms with van der Waals surface area (Å²) in [4.78, 5) is 1.30. The fourth-order valence-corrected chi connectivity index (χ4v) is 4.58. The highest BCUT2D eigenvalue weighted by molar-refractivity contribution is 7.98. The monoisotopic (exact) mass is 377 g/mol. The first kappa shape index (κ1) is 17.3. The maximum absolute atomic E-state index is 6.32. The Kier molecular flexibility index (Phi) is 5.05. The predicted octanol–water partition coefficient (Wildman–Crippen LogP) is 6.94. The second-order valence-electron chi connectivity index (χ2n) is 6.44. The summed E-state index contributed by atoms with van der Waals surface area (Å²) in [5.74, 6) is 0.873. The lowest BCUT2D eigenvalue weighted by atomic mass is 10.1. The highest BCUT2D eigenvalue weighted by Crippen LogP contribution is 2.34. The Hall–Kier alpha value is -2.16. The van der Waals surface area contributed by atoms with Crippen molar-refractivity contribution >= 4 is 34.3 Å². The molecule has 4 rings (SSSR count). The first-order valence-corrected chi connectivity index (χ1v) is 10.1. The number of thioether (sulfide) groups is 1. The van der Waals surface area contributed by atoms with Gasteiger partial charge in [0, 0.05) is 39.3 Å². The van der Waals surface area contributed by atoms with Gasteiger partial charge in [0.15, 0.2) is 0 Å². The van der Waals surface area contributed by atoms with Gasteiger partial charge in [-0.25, -0.2) is 0 Å². The molecular weight excluding hydrogens is 358 g/mol. The van der Waals surface area contributed by atoms with Crippen LogP contribution in [0.3, 0.4) is 0 Å². The molecule has 130 valence electrons. The molecule has 0 spiro atoms. The molecule has 0 saturated heterocycles. The van der Waals surface area contributed by atoms with Crippen LogP contribution in [-0.4, -0.2) is 4.57 Å². The highest BCUT2D eigenvalue weighted by atomic mass is 35.5. The SMILES string of the molecule is Cc1ccccc1Cn1cc(SCc2ccccc2Cl)c2ccccc21. The first-order valence-electron chi connectivity index (χ1n) is 8.71. The van der Waals surface area contributed by atoms with Gasteiger partial charge < -0.3 is 4.57 Å². The molecule has 1 nitrogen and oxygen atoms in total. The molecule has 3 heteroatoms. The fraction of sp³-hybridized carbons (Fsp3) is 0.130. The molecule has 0 aliphatic rings. The molecule has 0 fully saturated rings. The van der Waals surface area contributed by atoms with Crippen LogP contribution in [-0.2, 0) is 12.3 Å². The van der Waals surface area contributed by atoms with Gasteiger partial charge in [-0.2, -0.15) is 0 Å². The fourth-order valence-electron chi connectivity index (χ4n) is 3.20. The molecular formula is C23H20ClNS. The number of rotatable bonds is 5. The normalized spacial score (nSPS) is 11.2. The molecule has 0 atom stereocenters. The van der Waals surface area contributed by atoms with E-state index in [2.05, 4.69) is 72.3 Å². The van der Waals surface area contributed by atoms with Crippen molar-refractivity contribution < 1.29 is 0 Å². The summed E-state index contributed by atoms with van der Waals surface area (Å²) in [7, 11) is 0. The first-order chi connectivity index (χ1) is 12.7. The minimum absolute atomic E-state index is 0.837. The second kappa shape index (κ2) is 7.61. The van der Waals surface area contributed by atoms with Crippen molar-refractivity contribution in [2.45, 2.75) is 24.1 Å². The second-order valence-corrected chi connectivity index (χ2v) is 7.87. The van der Waals surface area contributed by atoms with Crippen molar-refractivity contribution in [2.75, 3.05) is 0 Å². The number of benzene rings is 3. The Morgan fingerprint density at radius 3 is 2.35 bits per heavy atom. The van der Waals surface area contributed by atoms with E-state index in [0.29, 0.717) is 0 Å². The lowest BCUT2D eigenvalue weighted by Gasteiger charge is -2.08. The Labute approximate surface area is 163 Å². The van der Waals surface area contributed by atoms with Gasteiger partial charge in [-0.3, -0.25) is 0 Å². The third-order valence-corrected chi connectivity index (χ3v) is 6.16. The van der Waals surface area contributed by atoms with E-state index in [9.17, 15) is 0 Å². The zero-order valence-electron chi connectivity index (χ0n) is 14.7. The third-order valence-electron chi connectivity index (χ3n) is 4.69. The van der Waals surface area contributed by atoms with Crippen LogP contribution >= 0.6 is 23.4 Å². The molecule has 0 bridgehead atoms. The Bertz CT molecular complexity index is 1050. The molecule has 0 saturated carbocycles. The van der Waals surface area contributed by atoms with E-state index in [0.717, 1.165) is 17.3 Å². The molecule has 3 aromatic carbocycles. The van der Waals surface area contributed by atoms with Crippen LogP contribution in [0.4, 0.5) is 0 Å². The average Bonchev–Trinajstić information content (AvgIpc) is 3.01. The van der Waals surface area contributed by atoms with Crippen molar-refractivity contribution in [3.63, 3.8) is 0 Å². The van der Waals surface area contributed by atoms with Crippen molar-refractivity contribution in [3.8, 4) is 0 Å². The molecule has 0 amide bonds. The maximum atomic E-state index is 6.32. The molecule has 1 heterocycles. The summed E-state index contributed by atoms with van der Waals surface area (Å²) in [6.45, 7) is 3.06. The van der Waals surface area contributed by atoms with Crippen LogP contribution in [0, 0.1) is 6.92 Å². The van der Waals surface area contributed by atoms with Gasteiger partial charge in [-0.15, -0.1) is 11.8 Å². The standard InChI is InChI=1S/C23H20ClNS/c1-17-8-2-3-9-18(17)14-25-15-23(20-11-5-7-13-22(20)25)26-16-19-10-4-6-12-21(19)24/h2-13,15H,14,16H2,1H3. The number of nitrogens with zero attached hydrogens (tertiary/aromatic N) is 1. The lowest BCUT2D eigenvalue weighted by molar-refractivity contribution is 0.824. The third kappa shape index (κ3) is 3.53. The topological polar surface area (TPSA) is 4.93 Å². The zero-order chi connectivity index (χ0) is 17.9. The van der Waals surface area contributed by atoms with Gasteiger partial charge in [0.1, 0.15) is 0 Å². The Morgan fingerprint density at radius 2 is 1.54 bits per heavy atom. The van der Waals surface area contributed by atoms with Crippen LogP contribution < -0.4 is 0 Å². The van der Waals surface area contributed by atoms with Gasteiger partial charge in [-0.1, -0.05) is 72.3 Å². The number of hydrogen-bond acceptors (Lipinski definition) is 1. The van der Waals surface area contributed by atoms with E-state index in [1.807, 2.05) is 30.0 Å². The predicted molar refractivity (Wildman–Crippen MR) is 113 cm³/mol. The van der Waals surface area contributed by atoms with Gasteiger partial charge in [0.05, 0.1) is 0 Å². The number of aromatic nitrogens is 1. The van der Waals surface area contributed by atoms with Crippen molar-refractivity contribution in [1.82, 2.24) is 4.57 Å². The number of para-hydroxylation sites is 1. The van der Waals surface area contributed by atoms with Crippen molar-refractivity contribution in [1.29, 1.82) is 0 Å². The number of aryl methyl sites for hydroxylation is 1. The summed E-state index contributed by atoms with van der Waals surface area (Å²) in [5, 5.41) is 2.14. The van der Waals surface area contributed by atoms with E-state index < -0.39 is 0 Å². The van der Waals surface area contributed by atoms with E-state index >= 15 is 0 Å². The highest BCUT2D eigenvalue weighted by Gasteiger charge is 2.10. The van der Waals surface area contributed by atoms with Crippen LogP contribution in [0.15, 0.2) is 83.9 Å². The summed E-state index contributed by atoms with van der Waals surface area (Å²) < 4.78 is 2.35. The molecule has 0 radical (unpaired) electrons. The Morgan fingerprint density at radius 1 is 0.846 bits per heavy atom. The van der Waals surface area contributed by atoms with Crippen LogP contribution in [0.5, 0.6) is 0 Å². The lowest BCUT2D eigenvalue weighted by Crippen LogP contribution is -1.99. The van der Waals surface area contributed by atoms with Crippen molar-refractivity contribution in [3.05, 3.63) is 101 Å². The molecule has 0 aliphatic carbocycles. The quantitative estimate of drug-likeness (QED) is 0.341. The summed E-state index contributed by atoms with van der Waals surface area (Å²) in [5.41, 5.74) is 5.14.